The van der Waals surface area contributed by atoms with Crippen molar-refractivity contribution >= 4 is 23.2 Å². The van der Waals surface area contributed by atoms with Crippen LogP contribution in [0.25, 0.3) is 0 Å². The SMILES string of the molecule is COc1ccc(C2NC(=S)NC(C)C2C(N)=O)cc1. The number of hydrogen-bond donors (Lipinski definition) is 3. The van der Waals surface area contributed by atoms with Gasteiger partial charge in [0, 0.05) is 6.04 Å². The second-order valence-corrected chi connectivity index (χ2v) is 4.99. The fourth-order valence-corrected chi connectivity index (χ4v) is 2.68. The number of ether oxygens (including phenoxy) is 1. The highest BCUT2D eigenvalue weighted by Crippen LogP contribution is 2.28. The molecular weight excluding hydrogens is 262 g/mol. The fourth-order valence-electron chi connectivity index (χ4n) is 2.37. The molecule has 0 aromatic heterocycles. The van der Waals surface area contributed by atoms with Gasteiger partial charge in [-0.1, -0.05) is 12.1 Å². The van der Waals surface area contributed by atoms with E-state index in [1.807, 2.05) is 31.2 Å². The molecule has 0 radical (unpaired) electrons. The molecule has 6 heteroatoms. The van der Waals surface area contributed by atoms with Crippen molar-refractivity contribution in [3.8, 4) is 5.75 Å². The van der Waals surface area contributed by atoms with Crippen LogP contribution in [0.15, 0.2) is 24.3 Å². The van der Waals surface area contributed by atoms with Crippen LogP contribution in [-0.4, -0.2) is 24.2 Å². The van der Waals surface area contributed by atoms with Crippen LogP contribution < -0.4 is 21.1 Å². The molecule has 4 N–H and O–H groups in total. The summed E-state index contributed by atoms with van der Waals surface area (Å²) in [5, 5.41) is 6.67. The standard InChI is InChI=1S/C13H17N3O2S/c1-7-10(12(14)17)11(16-13(19)15-7)8-3-5-9(18-2)6-4-8/h3-7,10-11H,1-2H3,(H2,14,17)(H2,15,16,19). The van der Waals surface area contributed by atoms with Gasteiger partial charge in [0.1, 0.15) is 5.75 Å². The Kier molecular flexibility index (Phi) is 3.90. The monoisotopic (exact) mass is 279 g/mol. The maximum absolute atomic E-state index is 11.7. The largest absolute Gasteiger partial charge is 0.497 e. The van der Waals surface area contributed by atoms with Crippen LogP contribution in [0.4, 0.5) is 0 Å². The Morgan fingerprint density at radius 1 is 1.32 bits per heavy atom. The van der Waals surface area contributed by atoms with Crippen LogP contribution in [0.2, 0.25) is 0 Å². The van der Waals surface area contributed by atoms with Gasteiger partial charge in [-0.05, 0) is 36.8 Å². The van der Waals surface area contributed by atoms with Crippen LogP contribution in [0, 0.1) is 5.92 Å². The first-order valence-corrected chi connectivity index (χ1v) is 6.44. The lowest BCUT2D eigenvalue weighted by molar-refractivity contribution is -0.123. The molecule has 1 aromatic rings. The summed E-state index contributed by atoms with van der Waals surface area (Å²) in [4.78, 5) is 11.7. The van der Waals surface area contributed by atoms with E-state index in [4.69, 9.17) is 22.7 Å². The number of thiocarbonyl (C=S) groups is 1. The first-order chi connectivity index (χ1) is 9.02. The van der Waals surface area contributed by atoms with Gasteiger partial charge in [0.25, 0.3) is 0 Å². The molecule has 0 bridgehead atoms. The lowest BCUT2D eigenvalue weighted by atomic mass is 9.85. The molecule has 1 aliphatic rings. The quantitative estimate of drug-likeness (QED) is 0.710. The minimum atomic E-state index is -0.361. The van der Waals surface area contributed by atoms with E-state index in [1.54, 1.807) is 7.11 Å². The number of amides is 1. The predicted octanol–water partition coefficient (Wildman–Crippen LogP) is 0.704. The number of nitrogens with one attached hydrogen (secondary N) is 2. The van der Waals surface area contributed by atoms with Crippen molar-refractivity contribution in [3.63, 3.8) is 0 Å². The summed E-state index contributed by atoms with van der Waals surface area (Å²) in [7, 11) is 1.61. The second kappa shape index (κ2) is 5.44. The molecule has 3 unspecified atom stereocenters. The zero-order valence-corrected chi connectivity index (χ0v) is 11.7. The highest BCUT2D eigenvalue weighted by molar-refractivity contribution is 7.80. The number of benzene rings is 1. The lowest BCUT2D eigenvalue weighted by Crippen LogP contribution is -2.58. The Hall–Kier alpha value is -1.82. The normalized spacial score (nSPS) is 26.2. The molecule has 1 fully saturated rings. The van der Waals surface area contributed by atoms with Gasteiger partial charge in [-0.3, -0.25) is 4.79 Å². The van der Waals surface area contributed by atoms with Crippen LogP contribution >= 0.6 is 12.2 Å². The molecule has 0 aliphatic carbocycles. The van der Waals surface area contributed by atoms with Crippen LogP contribution in [0.1, 0.15) is 18.5 Å². The molecule has 2 rings (SSSR count). The highest BCUT2D eigenvalue weighted by Gasteiger charge is 2.37. The fraction of sp³-hybridized carbons (Fsp3) is 0.385. The summed E-state index contributed by atoms with van der Waals surface area (Å²) in [5.74, 6) is 0.0554. The lowest BCUT2D eigenvalue weighted by Gasteiger charge is -2.37. The van der Waals surface area contributed by atoms with Crippen LogP contribution in [-0.2, 0) is 4.79 Å². The van der Waals surface area contributed by atoms with E-state index in [0.29, 0.717) is 5.11 Å². The van der Waals surface area contributed by atoms with E-state index in [2.05, 4.69) is 10.6 Å². The van der Waals surface area contributed by atoms with Gasteiger partial charge in [-0.15, -0.1) is 0 Å². The van der Waals surface area contributed by atoms with Crippen molar-refractivity contribution in [1.29, 1.82) is 0 Å². The topological polar surface area (TPSA) is 76.4 Å². The zero-order chi connectivity index (χ0) is 14.0. The first-order valence-electron chi connectivity index (χ1n) is 6.03. The van der Waals surface area contributed by atoms with E-state index >= 15 is 0 Å². The summed E-state index contributed by atoms with van der Waals surface area (Å²) in [6, 6.07) is 7.21. The third kappa shape index (κ3) is 2.78. The van der Waals surface area contributed by atoms with E-state index in [1.165, 1.54) is 0 Å². The van der Waals surface area contributed by atoms with Crippen molar-refractivity contribution in [1.82, 2.24) is 10.6 Å². The van der Waals surface area contributed by atoms with Crippen molar-refractivity contribution in [3.05, 3.63) is 29.8 Å². The minimum absolute atomic E-state index is 0.0987. The third-order valence-corrected chi connectivity index (χ3v) is 3.58. The van der Waals surface area contributed by atoms with Gasteiger partial charge >= 0.3 is 0 Å². The van der Waals surface area contributed by atoms with E-state index in [9.17, 15) is 4.79 Å². The molecule has 1 aromatic carbocycles. The van der Waals surface area contributed by atoms with Crippen molar-refractivity contribution in [2.24, 2.45) is 11.7 Å². The Labute approximate surface area is 117 Å². The Morgan fingerprint density at radius 3 is 2.47 bits per heavy atom. The van der Waals surface area contributed by atoms with Gasteiger partial charge in [-0.25, -0.2) is 0 Å². The molecule has 5 nitrogen and oxygen atoms in total. The van der Waals surface area contributed by atoms with Gasteiger partial charge in [0.2, 0.25) is 5.91 Å². The minimum Gasteiger partial charge on any atom is -0.497 e. The van der Waals surface area contributed by atoms with Gasteiger partial charge in [0.05, 0.1) is 19.1 Å². The van der Waals surface area contributed by atoms with Crippen molar-refractivity contribution in [2.75, 3.05) is 7.11 Å². The number of primary amides is 1. The number of carbonyl (C=O) groups excluding carboxylic acids is 1. The Balaban J connectivity index is 2.31. The zero-order valence-electron chi connectivity index (χ0n) is 10.8. The molecule has 19 heavy (non-hydrogen) atoms. The maximum atomic E-state index is 11.7. The van der Waals surface area contributed by atoms with Gasteiger partial charge in [-0.2, -0.15) is 0 Å². The Bertz CT molecular complexity index is 489. The molecule has 3 atom stereocenters. The summed E-state index contributed by atoms with van der Waals surface area (Å²) in [6.45, 7) is 1.90. The third-order valence-electron chi connectivity index (χ3n) is 3.35. The molecular formula is C13H17N3O2S. The smallest absolute Gasteiger partial charge is 0.225 e. The van der Waals surface area contributed by atoms with Gasteiger partial charge in [0.15, 0.2) is 5.11 Å². The predicted molar refractivity (Wildman–Crippen MR) is 76.8 cm³/mol. The summed E-state index contributed by atoms with van der Waals surface area (Å²) < 4.78 is 5.12. The van der Waals surface area contributed by atoms with Crippen LogP contribution in [0.5, 0.6) is 5.75 Å². The number of hydrogen-bond acceptors (Lipinski definition) is 3. The van der Waals surface area contributed by atoms with Gasteiger partial charge < -0.3 is 21.1 Å². The Morgan fingerprint density at radius 2 is 1.95 bits per heavy atom. The molecule has 1 aliphatic heterocycles. The summed E-state index contributed by atoms with van der Waals surface area (Å²) in [5.41, 5.74) is 6.46. The summed E-state index contributed by atoms with van der Waals surface area (Å²) in [6.07, 6.45) is 0. The first kappa shape index (κ1) is 13.6. The average molecular weight is 279 g/mol. The number of methoxy groups -OCH3 is 1. The van der Waals surface area contributed by atoms with E-state index in [0.717, 1.165) is 11.3 Å². The van der Waals surface area contributed by atoms with Crippen molar-refractivity contribution in [2.45, 2.75) is 19.0 Å². The number of rotatable bonds is 3. The number of nitrogens with two attached hydrogens (primary N) is 1. The second-order valence-electron chi connectivity index (χ2n) is 4.59. The van der Waals surface area contributed by atoms with Crippen LogP contribution in [0.3, 0.4) is 0 Å². The highest BCUT2D eigenvalue weighted by atomic mass is 32.1. The molecule has 1 amide bonds. The van der Waals surface area contributed by atoms with Crippen molar-refractivity contribution < 1.29 is 9.53 Å². The summed E-state index contributed by atoms with van der Waals surface area (Å²) >= 11 is 5.15. The molecule has 102 valence electrons. The molecule has 1 heterocycles. The number of carbonyl (C=O) groups is 1. The molecule has 1 saturated heterocycles. The maximum Gasteiger partial charge on any atom is 0.225 e. The molecule has 0 spiro atoms. The van der Waals surface area contributed by atoms with E-state index < -0.39 is 0 Å². The van der Waals surface area contributed by atoms with E-state index in [-0.39, 0.29) is 23.9 Å². The average Bonchev–Trinajstić information content (AvgIpc) is 2.37. The molecule has 0 saturated carbocycles.